The molecule has 1 atom stereocenters. The van der Waals surface area contributed by atoms with Crippen LogP contribution in [0.1, 0.15) is 39.0 Å². The Balaban J connectivity index is 1.57. The number of nitrogens with zero attached hydrogens (tertiary/aromatic N) is 1. The van der Waals surface area contributed by atoms with Crippen LogP contribution >= 0.6 is 0 Å². The largest absolute Gasteiger partial charge is 0.481 e. The molecule has 0 radical (unpaired) electrons. The van der Waals surface area contributed by atoms with Gasteiger partial charge < -0.3 is 15.3 Å². The molecule has 0 spiro atoms. The van der Waals surface area contributed by atoms with Crippen molar-refractivity contribution in [2.45, 2.75) is 45.1 Å². The molecular formula is C14H22N2O3. The van der Waals surface area contributed by atoms with E-state index in [1.54, 1.807) is 11.8 Å². The number of carboxylic acids is 1. The fraction of sp³-hybridized carbons (Fsp3) is 0.857. The summed E-state index contributed by atoms with van der Waals surface area (Å²) in [4.78, 5) is 25.1. The molecule has 0 aromatic heterocycles. The van der Waals surface area contributed by atoms with Crippen molar-refractivity contribution in [1.82, 2.24) is 10.2 Å². The molecule has 3 aliphatic rings. The van der Waals surface area contributed by atoms with Gasteiger partial charge in [-0.25, -0.2) is 4.79 Å². The van der Waals surface area contributed by atoms with Crippen molar-refractivity contribution in [2.75, 3.05) is 13.1 Å². The fourth-order valence-electron chi connectivity index (χ4n) is 3.07. The SMILES string of the molecule is CC1(C(=O)O)CCN(C(=O)NC(C2CC2)C2CC2)C1. The van der Waals surface area contributed by atoms with E-state index < -0.39 is 11.4 Å². The molecule has 5 heteroatoms. The maximum atomic E-state index is 12.3. The Labute approximate surface area is 113 Å². The summed E-state index contributed by atoms with van der Waals surface area (Å²) in [5.41, 5.74) is -0.772. The molecule has 5 nitrogen and oxygen atoms in total. The van der Waals surface area contributed by atoms with Gasteiger partial charge in [-0.1, -0.05) is 0 Å². The van der Waals surface area contributed by atoms with Crippen LogP contribution < -0.4 is 5.32 Å². The summed E-state index contributed by atoms with van der Waals surface area (Å²) < 4.78 is 0. The second kappa shape index (κ2) is 4.39. The van der Waals surface area contributed by atoms with Crippen LogP contribution in [-0.2, 0) is 4.79 Å². The zero-order chi connectivity index (χ0) is 13.6. The quantitative estimate of drug-likeness (QED) is 0.813. The average molecular weight is 266 g/mol. The molecule has 106 valence electrons. The normalized spacial score (nSPS) is 30.7. The van der Waals surface area contributed by atoms with Gasteiger partial charge in [-0.3, -0.25) is 4.79 Å². The topological polar surface area (TPSA) is 69.6 Å². The summed E-state index contributed by atoms with van der Waals surface area (Å²) in [6.45, 7) is 2.61. The highest BCUT2D eigenvalue weighted by molar-refractivity contribution is 5.79. The third kappa shape index (κ3) is 2.55. The number of carboxylic acid groups (broad SMARTS) is 1. The summed E-state index contributed by atoms with van der Waals surface area (Å²) in [5.74, 6) is 0.540. The zero-order valence-electron chi connectivity index (χ0n) is 11.4. The van der Waals surface area contributed by atoms with Crippen molar-refractivity contribution in [3.63, 3.8) is 0 Å². The Hall–Kier alpha value is -1.26. The fourth-order valence-corrected chi connectivity index (χ4v) is 3.07. The summed E-state index contributed by atoms with van der Waals surface area (Å²) in [5, 5.41) is 12.3. The number of carbonyl (C=O) groups is 2. The number of amides is 2. The van der Waals surface area contributed by atoms with Gasteiger partial charge in [0.15, 0.2) is 0 Å². The molecule has 0 aromatic rings. The second-order valence-electron chi connectivity index (χ2n) is 6.69. The smallest absolute Gasteiger partial charge is 0.317 e. The third-order valence-electron chi connectivity index (χ3n) is 4.83. The van der Waals surface area contributed by atoms with Gasteiger partial charge in [-0.15, -0.1) is 0 Å². The van der Waals surface area contributed by atoms with E-state index in [1.807, 2.05) is 0 Å². The van der Waals surface area contributed by atoms with Crippen LogP contribution in [0.4, 0.5) is 4.79 Å². The molecule has 2 N–H and O–H groups in total. The molecular weight excluding hydrogens is 244 g/mol. The maximum absolute atomic E-state index is 12.3. The molecule has 19 heavy (non-hydrogen) atoms. The molecule has 2 aliphatic carbocycles. The highest BCUT2D eigenvalue weighted by atomic mass is 16.4. The van der Waals surface area contributed by atoms with E-state index in [0.29, 0.717) is 37.4 Å². The first kappa shape index (κ1) is 12.8. The van der Waals surface area contributed by atoms with Crippen molar-refractivity contribution in [1.29, 1.82) is 0 Å². The highest BCUT2D eigenvalue weighted by Gasteiger charge is 2.45. The van der Waals surface area contributed by atoms with Crippen LogP contribution in [0.3, 0.4) is 0 Å². The molecule has 0 aromatic carbocycles. The van der Waals surface area contributed by atoms with Gasteiger partial charge in [0.05, 0.1) is 5.41 Å². The molecule has 1 aliphatic heterocycles. The van der Waals surface area contributed by atoms with E-state index in [-0.39, 0.29) is 6.03 Å². The van der Waals surface area contributed by atoms with Crippen LogP contribution in [0.15, 0.2) is 0 Å². The van der Waals surface area contributed by atoms with Crippen LogP contribution in [0.5, 0.6) is 0 Å². The Bertz CT molecular complexity index is 391. The van der Waals surface area contributed by atoms with Crippen molar-refractivity contribution < 1.29 is 14.7 Å². The van der Waals surface area contributed by atoms with Crippen LogP contribution in [0.25, 0.3) is 0 Å². The van der Waals surface area contributed by atoms with Crippen LogP contribution in [-0.4, -0.2) is 41.1 Å². The molecule has 2 amide bonds. The maximum Gasteiger partial charge on any atom is 0.317 e. The summed E-state index contributed by atoms with van der Waals surface area (Å²) in [6.07, 6.45) is 5.47. The van der Waals surface area contributed by atoms with Crippen molar-refractivity contribution in [3.05, 3.63) is 0 Å². The summed E-state index contributed by atoms with van der Waals surface area (Å²) in [6, 6.07) is 0.276. The zero-order valence-corrected chi connectivity index (χ0v) is 11.4. The predicted molar refractivity (Wildman–Crippen MR) is 69.7 cm³/mol. The molecule has 3 rings (SSSR count). The Morgan fingerprint density at radius 2 is 1.84 bits per heavy atom. The number of hydrogen-bond donors (Lipinski definition) is 2. The van der Waals surface area contributed by atoms with Gasteiger partial charge in [0, 0.05) is 19.1 Å². The van der Waals surface area contributed by atoms with Crippen molar-refractivity contribution in [3.8, 4) is 0 Å². The lowest BCUT2D eigenvalue weighted by atomic mass is 9.90. The van der Waals surface area contributed by atoms with Gasteiger partial charge >= 0.3 is 12.0 Å². The molecule has 2 saturated carbocycles. The average Bonchev–Trinajstić information content (AvgIpc) is 3.25. The molecule has 3 fully saturated rings. The van der Waals surface area contributed by atoms with Gasteiger partial charge in [-0.2, -0.15) is 0 Å². The lowest BCUT2D eigenvalue weighted by Crippen LogP contribution is -2.46. The van der Waals surface area contributed by atoms with E-state index in [0.717, 1.165) is 0 Å². The number of carbonyl (C=O) groups excluding carboxylic acids is 1. The first-order valence-electron chi connectivity index (χ1n) is 7.28. The van der Waals surface area contributed by atoms with E-state index in [2.05, 4.69) is 5.32 Å². The minimum Gasteiger partial charge on any atom is -0.481 e. The second-order valence-corrected chi connectivity index (χ2v) is 6.69. The Morgan fingerprint density at radius 1 is 1.26 bits per heavy atom. The van der Waals surface area contributed by atoms with E-state index in [1.165, 1.54) is 25.7 Å². The third-order valence-corrected chi connectivity index (χ3v) is 4.83. The number of nitrogens with one attached hydrogen (secondary N) is 1. The first-order valence-corrected chi connectivity index (χ1v) is 7.28. The number of urea groups is 1. The predicted octanol–water partition coefficient (Wildman–Crippen LogP) is 1.68. The lowest BCUT2D eigenvalue weighted by Gasteiger charge is -2.24. The number of hydrogen-bond acceptors (Lipinski definition) is 2. The van der Waals surface area contributed by atoms with Crippen LogP contribution in [0.2, 0.25) is 0 Å². The van der Waals surface area contributed by atoms with Gasteiger partial charge in [0.25, 0.3) is 0 Å². The molecule has 0 bridgehead atoms. The standard InChI is InChI=1S/C14H22N2O3/c1-14(12(17)18)6-7-16(8-14)13(19)15-11(9-2-3-9)10-4-5-10/h9-11H,2-8H2,1H3,(H,15,19)(H,17,18). The minimum atomic E-state index is -0.802. The van der Waals surface area contributed by atoms with E-state index in [9.17, 15) is 14.7 Å². The number of rotatable bonds is 4. The molecule has 1 unspecified atom stereocenters. The Morgan fingerprint density at radius 3 is 2.26 bits per heavy atom. The van der Waals surface area contributed by atoms with Gasteiger partial charge in [0.2, 0.25) is 0 Å². The van der Waals surface area contributed by atoms with Gasteiger partial charge in [0.1, 0.15) is 0 Å². The van der Waals surface area contributed by atoms with E-state index in [4.69, 9.17) is 0 Å². The first-order chi connectivity index (χ1) is 8.99. The Kier molecular flexibility index (Phi) is 2.95. The van der Waals surface area contributed by atoms with E-state index >= 15 is 0 Å². The summed E-state index contributed by atoms with van der Waals surface area (Å²) >= 11 is 0. The van der Waals surface area contributed by atoms with Gasteiger partial charge in [-0.05, 0) is 50.9 Å². The van der Waals surface area contributed by atoms with Crippen molar-refractivity contribution in [2.24, 2.45) is 17.3 Å². The number of likely N-dealkylation sites (tertiary alicyclic amines) is 1. The van der Waals surface area contributed by atoms with Crippen LogP contribution in [0, 0.1) is 17.3 Å². The molecule has 1 saturated heterocycles. The lowest BCUT2D eigenvalue weighted by molar-refractivity contribution is -0.147. The highest BCUT2D eigenvalue weighted by Crippen LogP contribution is 2.44. The number of aliphatic carboxylic acids is 1. The van der Waals surface area contributed by atoms with Crippen molar-refractivity contribution >= 4 is 12.0 Å². The molecule has 1 heterocycles. The monoisotopic (exact) mass is 266 g/mol. The summed E-state index contributed by atoms with van der Waals surface area (Å²) in [7, 11) is 0. The minimum absolute atomic E-state index is 0.0613.